The molecule has 402 valence electrons. The lowest BCUT2D eigenvalue weighted by atomic mass is 10.0. The topological polar surface area (TPSA) is 50.3 Å². The van der Waals surface area contributed by atoms with Gasteiger partial charge in [0.1, 0.15) is 19.6 Å². The first-order valence-electron chi connectivity index (χ1n) is 31.4. The summed E-state index contributed by atoms with van der Waals surface area (Å²) in [5.41, 5.74) is 3.10. The first kappa shape index (κ1) is 61.0. The van der Waals surface area contributed by atoms with Crippen LogP contribution in [-0.2, 0) is 19.6 Å². The Morgan fingerprint density at radius 2 is 0.375 bits per heavy atom. The van der Waals surface area contributed by atoms with Gasteiger partial charge < -0.3 is 0 Å². The van der Waals surface area contributed by atoms with Gasteiger partial charge in [-0.25, -0.2) is 28.7 Å². The van der Waals surface area contributed by atoms with Crippen LogP contribution in [0.5, 0.6) is 0 Å². The van der Waals surface area contributed by atoms with Crippen LogP contribution in [0.4, 0.5) is 0 Å². The van der Waals surface area contributed by atoms with Crippen LogP contribution in [0.1, 0.15) is 290 Å². The van der Waals surface area contributed by atoms with E-state index in [-0.39, 0.29) is 0 Å². The summed E-state index contributed by atoms with van der Waals surface area (Å²) in [7, 11) is 0. The molecule has 0 saturated carbocycles. The van der Waals surface area contributed by atoms with Crippen molar-refractivity contribution < 1.29 is 13.7 Å². The predicted octanol–water partition coefficient (Wildman–Crippen LogP) is 19.2. The molecule has 6 heteroatoms. The van der Waals surface area contributed by atoms with Crippen molar-refractivity contribution >= 4 is 0 Å². The van der Waals surface area contributed by atoms with E-state index in [1.54, 1.807) is 0 Å². The number of nitrogens with zero attached hydrogens (tertiary/aromatic N) is 6. The Morgan fingerprint density at radius 3 is 0.542 bits per heavy atom. The van der Waals surface area contributed by atoms with E-state index in [0.29, 0.717) is 0 Å². The monoisotopic (exact) mass is 988 g/mol. The van der Waals surface area contributed by atoms with E-state index in [4.69, 9.17) is 15.0 Å². The van der Waals surface area contributed by atoms with Crippen LogP contribution in [0.3, 0.4) is 0 Å². The van der Waals surface area contributed by atoms with E-state index in [2.05, 4.69) is 108 Å². The quantitative estimate of drug-likeness (QED) is 0.0327. The van der Waals surface area contributed by atoms with Crippen molar-refractivity contribution in [3.8, 4) is 34.2 Å². The summed E-state index contributed by atoms with van der Waals surface area (Å²) in [5, 5.41) is 0. The molecular formula is C66H111N6+3. The molecule has 4 heterocycles. The van der Waals surface area contributed by atoms with Crippen LogP contribution < -0.4 is 13.7 Å². The maximum atomic E-state index is 5.12. The Bertz CT molecular complexity index is 1600. The second-order valence-electron chi connectivity index (χ2n) is 22.1. The van der Waals surface area contributed by atoms with Gasteiger partial charge in [0.15, 0.2) is 54.7 Å². The Kier molecular flexibility index (Phi) is 36.2. The van der Waals surface area contributed by atoms with Crippen LogP contribution in [0.25, 0.3) is 34.2 Å². The van der Waals surface area contributed by atoms with E-state index < -0.39 is 0 Å². The number of rotatable bonds is 48. The fraction of sp³-hybridized carbons (Fsp3) is 0.727. The molecule has 0 aromatic carbocycles. The molecule has 72 heavy (non-hydrogen) atoms. The fourth-order valence-corrected chi connectivity index (χ4v) is 10.5. The van der Waals surface area contributed by atoms with Crippen molar-refractivity contribution in [1.29, 1.82) is 0 Å². The van der Waals surface area contributed by atoms with Gasteiger partial charge in [-0.1, -0.05) is 252 Å². The highest BCUT2D eigenvalue weighted by Gasteiger charge is 2.16. The molecule has 4 rings (SSSR count). The third-order valence-corrected chi connectivity index (χ3v) is 15.4. The van der Waals surface area contributed by atoms with Crippen LogP contribution in [0.15, 0.2) is 73.6 Å². The third-order valence-electron chi connectivity index (χ3n) is 15.4. The highest BCUT2D eigenvalue weighted by atomic mass is 15.0. The van der Waals surface area contributed by atoms with E-state index in [1.165, 1.54) is 270 Å². The van der Waals surface area contributed by atoms with Crippen molar-refractivity contribution in [3.63, 3.8) is 0 Å². The SMILES string of the molecule is CCCCCCCCCCCCCCCC[n+]1ccc(-c2nc(-c3cc[n+](CCCCCCCCCCCCCCCC)cc3)nc(-c3cc[n+](CCCCCCCCCCCCCCCC)cc3)n2)cc1. The molecule has 0 atom stereocenters. The number of pyridine rings is 3. The molecule has 0 spiro atoms. The third kappa shape index (κ3) is 29.4. The number of hydrogen-bond donors (Lipinski definition) is 0. The molecule has 0 fully saturated rings. The number of unbranched alkanes of at least 4 members (excludes halogenated alkanes) is 39. The molecule has 0 unspecified atom stereocenters. The maximum absolute atomic E-state index is 5.12. The smallest absolute Gasteiger partial charge is 0.169 e. The second-order valence-corrected chi connectivity index (χ2v) is 22.1. The van der Waals surface area contributed by atoms with Crippen LogP contribution >= 0.6 is 0 Å². The van der Waals surface area contributed by atoms with Gasteiger partial charge in [0.2, 0.25) is 0 Å². The van der Waals surface area contributed by atoms with Gasteiger partial charge in [0.25, 0.3) is 0 Å². The van der Waals surface area contributed by atoms with Crippen molar-refractivity contribution in [2.24, 2.45) is 0 Å². The Labute approximate surface area is 444 Å². The van der Waals surface area contributed by atoms with E-state index in [1.807, 2.05) is 0 Å². The lowest BCUT2D eigenvalue weighted by Gasteiger charge is -2.08. The minimum Gasteiger partial charge on any atom is -0.208 e. The van der Waals surface area contributed by atoms with Crippen LogP contribution in [0.2, 0.25) is 0 Å². The average Bonchev–Trinajstić information content (AvgIpc) is 3.41. The van der Waals surface area contributed by atoms with Crippen molar-refractivity contribution in [1.82, 2.24) is 15.0 Å². The Morgan fingerprint density at radius 1 is 0.222 bits per heavy atom. The van der Waals surface area contributed by atoms with Gasteiger partial charge >= 0.3 is 0 Å². The van der Waals surface area contributed by atoms with Gasteiger partial charge in [-0.05, 0) is 19.3 Å². The van der Waals surface area contributed by atoms with E-state index >= 15 is 0 Å². The highest BCUT2D eigenvalue weighted by Crippen LogP contribution is 2.24. The number of hydrogen-bond acceptors (Lipinski definition) is 3. The zero-order valence-electron chi connectivity index (χ0n) is 47.4. The van der Waals surface area contributed by atoms with Gasteiger partial charge in [-0.3, -0.25) is 0 Å². The maximum Gasteiger partial charge on any atom is 0.169 e. The summed E-state index contributed by atoms with van der Waals surface area (Å²) < 4.78 is 6.99. The summed E-state index contributed by atoms with van der Waals surface area (Å²) in [6.45, 7) is 10.1. The minimum atomic E-state index is 0.733. The molecule has 0 aliphatic rings. The number of aryl methyl sites for hydroxylation is 3. The Balaban J connectivity index is 1.24. The molecule has 4 aromatic rings. The minimum absolute atomic E-state index is 0.733. The Hall–Kier alpha value is -3.54. The standard InChI is InChI=1S/C66H111N6/c1-4-7-10-13-16-19-22-25-28-31-34-37-40-43-52-70-55-46-61(47-56-70)64-67-65(62-48-57-71(58-49-62)53-44-41-38-35-32-29-26-23-20-17-14-11-8-5-2)69-66(68-64)63-50-59-72(60-51-63)54-45-42-39-36-33-30-27-24-21-18-15-12-9-6-3/h46-51,55-60H,4-45,52-54H2,1-3H3/q+3. The molecule has 4 aromatic heterocycles. The lowest BCUT2D eigenvalue weighted by molar-refractivity contribution is -0.697. The van der Waals surface area contributed by atoms with Gasteiger partial charge in [0.05, 0.1) is 0 Å². The van der Waals surface area contributed by atoms with Crippen LogP contribution in [0, 0.1) is 0 Å². The molecule has 0 saturated heterocycles. The van der Waals surface area contributed by atoms with Crippen LogP contribution in [-0.4, -0.2) is 15.0 Å². The van der Waals surface area contributed by atoms with E-state index in [0.717, 1.165) is 53.8 Å². The summed E-state index contributed by atoms with van der Waals surface area (Å²) in [4.78, 5) is 15.3. The largest absolute Gasteiger partial charge is 0.208 e. The van der Waals surface area contributed by atoms with E-state index in [9.17, 15) is 0 Å². The molecular weight excluding hydrogens is 877 g/mol. The molecule has 0 N–H and O–H groups in total. The molecule has 6 nitrogen and oxygen atoms in total. The normalized spacial score (nSPS) is 11.5. The summed E-state index contributed by atoms with van der Waals surface area (Å²) in [6, 6.07) is 13.2. The van der Waals surface area contributed by atoms with Gasteiger partial charge in [0, 0.05) is 72.4 Å². The summed E-state index contributed by atoms with van der Waals surface area (Å²) in [5.74, 6) is 2.20. The van der Waals surface area contributed by atoms with Crippen molar-refractivity contribution in [2.75, 3.05) is 0 Å². The molecule has 0 amide bonds. The second kappa shape index (κ2) is 42.8. The molecule has 0 aliphatic heterocycles. The first-order chi connectivity index (χ1) is 35.7. The predicted molar refractivity (Wildman–Crippen MR) is 308 cm³/mol. The molecule has 0 bridgehead atoms. The van der Waals surface area contributed by atoms with Gasteiger partial charge in [-0.15, -0.1) is 0 Å². The zero-order chi connectivity index (χ0) is 50.6. The zero-order valence-corrected chi connectivity index (χ0v) is 47.4. The molecule has 0 aliphatic carbocycles. The first-order valence-corrected chi connectivity index (χ1v) is 31.4. The fourth-order valence-electron chi connectivity index (χ4n) is 10.5. The lowest BCUT2D eigenvalue weighted by Crippen LogP contribution is -2.32. The summed E-state index contributed by atoms with van der Waals surface area (Å²) >= 11 is 0. The molecule has 0 radical (unpaired) electrons. The summed E-state index contributed by atoms with van der Waals surface area (Å²) in [6.07, 6.45) is 71.6. The van der Waals surface area contributed by atoms with Crippen molar-refractivity contribution in [2.45, 2.75) is 310 Å². The number of aromatic nitrogens is 6. The van der Waals surface area contributed by atoms with Gasteiger partial charge in [-0.2, -0.15) is 0 Å². The highest BCUT2D eigenvalue weighted by molar-refractivity contribution is 5.65. The average molecular weight is 989 g/mol. The van der Waals surface area contributed by atoms with Crippen molar-refractivity contribution in [3.05, 3.63) is 73.6 Å².